The van der Waals surface area contributed by atoms with Crippen molar-refractivity contribution in [2.24, 2.45) is 0 Å². The molecule has 0 aliphatic rings. The van der Waals surface area contributed by atoms with Crippen molar-refractivity contribution in [2.45, 2.75) is 11.3 Å². The van der Waals surface area contributed by atoms with E-state index in [0.717, 1.165) is 25.2 Å². The van der Waals surface area contributed by atoms with Crippen molar-refractivity contribution in [3.63, 3.8) is 0 Å². The maximum absolute atomic E-state index is 11.8. The summed E-state index contributed by atoms with van der Waals surface area (Å²) in [7, 11) is 1.75. The Labute approximate surface area is 115 Å². The van der Waals surface area contributed by atoms with Crippen molar-refractivity contribution in [3.8, 4) is 0 Å². The lowest BCUT2D eigenvalue weighted by atomic mass is 10.2. The molecule has 1 rings (SSSR count). The van der Waals surface area contributed by atoms with Gasteiger partial charge in [-0.2, -0.15) is 0 Å². The molecule has 0 amide bonds. The van der Waals surface area contributed by atoms with Crippen molar-refractivity contribution >= 4 is 21.4 Å². The highest BCUT2D eigenvalue weighted by Gasteiger charge is 2.14. The monoisotopic (exact) mass is 286 g/mol. The van der Waals surface area contributed by atoms with Crippen LogP contribution in [-0.2, 0) is 10.0 Å². The summed E-state index contributed by atoms with van der Waals surface area (Å²) in [6.45, 7) is 1.70. The minimum absolute atomic E-state index is 0.222. The predicted molar refractivity (Wildman–Crippen MR) is 78.9 cm³/mol. The first-order chi connectivity index (χ1) is 8.92. The average molecular weight is 286 g/mol. The summed E-state index contributed by atoms with van der Waals surface area (Å²) in [5.74, 6) is 0. The fourth-order valence-corrected chi connectivity index (χ4v) is 2.50. The van der Waals surface area contributed by atoms with Gasteiger partial charge in [0.2, 0.25) is 10.0 Å². The molecular formula is C12H22N4O2S. The average Bonchev–Trinajstić information content (AvgIpc) is 2.39. The van der Waals surface area contributed by atoms with Gasteiger partial charge in [0.15, 0.2) is 0 Å². The van der Waals surface area contributed by atoms with Crippen LogP contribution in [0.15, 0.2) is 23.1 Å². The van der Waals surface area contributed by atoms with Crippen molar-refractivity contribution in [2.75, 3.05) is 44.9 Å². The lowest BCUT2D eigenvalue weighted by Gasteiger charge is -2.21. The highest BCUT2D eigenvalue weighted by atomic mass is 32.2. The molecule has 1 aromatic rings. The highest BCUT2D eigenvalue weighted by molar-refractivity contribution is 7.89. The minimum atomic E-state index is -3.44. The molecule has 7 heteroatoms. The minimum Gasteiger partial charge on any atom is -0.397 e. The van der Waals surface area contributed by atoms with E-state index in [1.54, 1.807) is 12.1 Å². The Balaban J connectivity index is 2.97. The topological polar surface area (TPSA) is 87.5 Å². The van der Waals surface area contributed by atoms with Gasteiger partial charge in [-0.25, -0.2) is 13.1 Å². The van der Waals surface area contributed by atoms with Crippen LogP contribution in [0.2, 0.25) is 0 Å². The second kappa shape index (κ2) is 6.74. The number of rotatable bonds is 7. The first-order valence-corrected chi connectivity index (χ1v) is 7.59. The van der Waals surface area contributed by atoms with Crippen LogP contribution in [0.3, 0.4) is 0 Å². The van der Waals surface area contributed by atoms with Gasteiger partial charge in [0.05, 0.1) is 16.3 Å². The van der Waals surface area contributed by atoms with E-state index in [-0.39, 0.29) is 4.90 Å². The summed E-state index contributed by atoms with van der Waals surface area (Å²) in [6.07, 6.45) is 0.954. The Morgan fingerprint density at radius 2 is 2.00 bits per heavy atom. The molecule has 0 aliphatic carbocycles. The lowest BCUT2D eigenvalue weighted by molar-refractivity contribution is 0.588. The fourth-order valence-electron chi connectivity index (χ4n) is 1.75. The van der Waals surface area contributed by atoms with Crippen molar-refractivity contribution in [1.82, 2.24) is 10.0 Å². The zero-order valence-electron chi connectivity index (χ0n) is 11.6. The Bertz CT molecular complexity index is 516. The fraction of sp³-hybridized carbons (Fsp3) is 0.500. The van der Waals surface area contributed by atoms with Gasteiger partial charge in [0.25, 0.3) is 0 Å². The van der Waals surface area contributed by atoms with Crippen LogP contribution in [0, 0.1) is 0 Å². The standard InChI is InChI=1S/C12H22N4O2S/c1-14-7-4-8-16(3)12-9-10(5-6-11(12)13)19(17,18)15-2/h5-6,9,14-15H,4,7-8,13H2,1-3H3. The summed E-state index contributed by atoms with van der Waals surface area (Å²) in [6, 6.07) is 4.72. The maximum Gasteiger partial charge on any atom is 0.240 e. The summed E-state index contributed by atoms with van der Waals surface area (Å²) < 4.78 is 25.8. The third kappa shape index (κ3) is 4.09. The number of sulfonamides is 1. The second-order valence-corrected chi connectivity index (χ2v) is 6.19. The third-order valence-corrected chi connectivity index (χ3v) is 4.32. The zero-order valence-corrected chi connectivity index (χ0v) is 12.4. The van der Waals surface area contributed by atoms with E-state index >= 15 is 0 Å². The molecule has 19 heavy (non-hydrogen) atoms. The molecule has 0 bridgehead atoms. The van der Waals surface area contributed by atoms with Gasteiger partial charge in [0.1, 0.15) is 0 Å². The predicted octanol–water partition coefficient (Wildman–Crippen LogP) is 0.223. The van der Waals surface area contributed by atoms with Crippen LogP contribution in [0.5, 0.6) is 0 Å². The van der Waals surface area contributed by atoms with Crippen LogP contribution >= 0.6 is 0 Å². The molecule has 1 aromatic carbocycles. The molecule has 0 heterocycles. The highest BCUT2D eigenvalue weighted by Crippen LogP contribution is 2.25. The Kier molecular flexibility index (Phi) is 5.59. The molecule has 0 radical (unpaired) electrons. The Morgan fingerprint density at radius 1 is 1.32 bits per heavy atom. The van der Waals surface area contributed by atoms with Crippen LogP contribution in [0.25, 0.3) is 0 Å². The van der Waals surface area contributed by atoms with E-state index in [1.807, 2.05) is 19.0 Å². The first kappa shape index (κ1) is 15.7. The van der Waals surface area contributed by atoms with E-state index in [0.29, 0.717) is 5.69 Å². The van der Waals surface area contributed by atoms with E-state index in [2.05, 4.69) is 10.0 Å². The Morgan fingerprint density at radius 3 is 2.58 bits per heavy atom. The molecule has 0 saturated carbocycles. The molecule has 0 aliphatic heterocycles. The SMILES string of the molecule is CNCCCN(C)c1cc(S(=O)(=O)NC)ccc1N. The first-order valence-electron chi connectivity index (χ1n) is 6.11. The number of nitrogens with two attached hydrogens (primary N) is 1. The van der Waals surface area contributed by atoms with Gasteiger partial charge >= 0.3 is 0 Å². The summed E-state index contributed by atoms with van der Waals surface area (Å²) in [4.78, 5) is 2.18. The number of nitrogen functional groups attached to an aromatic ring is 1. The largest absolute Gasteiger partial charge is 0.397 e. The number of benzene rings is 1. The van der Waals surface area contributed by atoms with Crippen LogP contribution in [0.4, 0.5) is 11.4 Å². The van der Waals surface area contributed by atoms with Gasteiger partial charge in [-0.15, -0.1) is 0 Å². The van der Waals surface area contributed by atoms with Crippen LogP contribution in [-0.4, -0.2) is 42.7 Å². The lowest BCUT2D eigenvalue weighted by Crippen LogP contribution is -2.24. The van der Waals surface area contributed by atoms with Gasteiger partial charge in [-0.05, 0) is 45.3 Å². The van der Waals surface area contributed by atoms with Crippen molar-refractivity contribution < 1.29 is 8.42 Å². The molecule has 0 saturated heterocycles. The zero-order chi connectivity index (χ0) is 14.5. The number of nitrogens with one attached hydrogen (secondary N) is 2. The smallest absolute Gasteiger partial charge is 0.240 e. The quantitative estimate of drug-likeness (QED) is 0.493. The van der Waals surface area contributed by atoms with Gasteiger partial charge in [-0.3, -0.25) is 0 Å². The maximum atomic E-state index is 11.8. The molecule has 4 N–H and O–H groups in total. The number of anilines is 2. The number of hydrogen-bond donors (Lipinski definition) is 3. The second-order valence-electron chi connectivity index (χ2n) is 4.31. The molecule has 0 aromatic heterocycles. The van der Waals surface area contributed by atoms with E-state index < -0.39 is 10.0 Å². The number of nitrogens with zero attached hydrogens (tertiary/aromatic N) is 1. The molecule has 108 valence electrons. The van der Waals surface area contributed by atoms with Gasteiger partial charge in [0, 0.05) is 13.6 Å². The summed E-state index contributed by atoms with van der Waals surface area (Å²) >= 11 is 0. The molecule has 6 nitrogen and oxygen atoms in total. The van der Waals surface area contributed by atoms with Gasteiger partial charge < -0.3 is 16.0 Å². The van der Waals surface area contributed by atoms with Crippen molar-refractivity contribution in [3.05, 3.63) is 18.2 Å². The van der Waals surface area contributed by atoms with Crippen LogP contribution < -0.4 is 20.7 Å². The molecule has 0 fully saturated rings. The van der Waals surface area contributed by atoms with Crippen molar-refractivity contribution in [1.29, 1.82) is 0 Å². The molecule has 0 unspecified atom stereocenters. The summed E-state index contributed by atoms with van der Waals surface area (Å²) in [5, 5.41) is 3.07. The molecular weight excluding hydrogens is 264 g/mol. The summed E-state index contributed by atoms with van der Waals surface area (Å²) in [5.41, 5.74) is 7.21. The third-order valence-electron chi connectivity index (χ3n) is 2.91. The van der Waals surface area contributed by atoms with E-state index in [1.165, 1.54) is 13.1 Å². The number of hydrogen-bond acceptors (Lipinski definition) is 5. The molecule has 0 spiro atoms. The van der Waals surface area contributed by atoms with Crippen LogP contribution in [0.1, 0.15) is 6.42 Å². The normalized spacial score (nSPS) is 11.5. The van der Waals surface area contributed by atoms with E-state index in [4.69, 9.17) is 5.73 Å². The van der Waals surface area contributed by atoms with E-state index in [9.17, 15) is 8.42 Å². The Hall–Kier alpha value is -1.31. The van der Waals surface area contributed by atoms with Gasteiger partial charge in [-0.1, -0.05) is 0 Å². The molecule has 0 atom stereocenters.